The average molecular weight is 214 g/mol. The molecule has 0 aliphatic carbocycles. The Hall–Kier alpha value is -1.63. The van der Waals surface area contributed by atoms with Crippen molar-refractivity contribution in [1.29, 1.82) is 0 Å². The molecule has 0 N–H and O–H groups in total. The van der Waals surface area contributed by atoms with Crippen LogP contribution in [0.2, 0.25) is 0 Å². The van der Waals surface area contributed by atoms with E-state index in [-0.39, 0.29) is 11.2 Å². The van der Waals surface area contributed by atoms with Crippen LogP contribution < -0.4 is 0 Å². The molecule has 0 saturated carbocycles. The lowest BCUT2D eigenvalue weighted by Crippen LogP contribution is -2.20. The average Bonchev–Trinajstić information content (AvgIpc) is 2.26. The van der Waals surface area contributed by atoms with Gasteiger partial charge in [0.2, 0.25) is 0 Å². The van der Waals surface area contributed by atoms with Crippen LogP contribution >= 0.6 is 0 Å². The number of hydrogen-bond donors (Lipinski definition) is 0. The molecular weight excluding hydrogens is 196 g/mol. The van der Waals surface area contributed by atoms with Crippen LogP contribution in [0.5, 0.6) is 0 Å². The molecule has 1 aromatic rings. The van der Waals surface area contributed by atoms with Crippen LogP contribution in [0, 0.1) is 0 Å². The van der Waals surface area contributed by atoms with Gasteiger partial charge in [-0.05, 0) is 32.4 Å². The molecule has 84 valence electrons. The molecular formula is C15H18O. The first-order valence-electron chi connectivity index (χ1n) is 5.38. The zero-order chi connectivity index (χ0) is 12.2. The molecule has 1 atom stereocenters. The first-order valence-corrected chi connectivity index (χ1v) is 5.38. The van der Waals surface area contributed by atoms with Gasteiger partial charge in [-0.2, -0.15) is 0 Å². The second kappa shape index (κ2) is 4.93. The standard InChI is InChI=1S/C15H18O/c1-12(2)15(4,11-10-13(3)16)14-8-6-5-7-9-14/h5-11H,1H2,2-4H3/b11-10+. The number of carbonyl (C=O) groups excluding carboxylic acids is 1. The predicted octanol–water partition coefficient (Wildman–Crippen LogP) is 3.67. The van der Waals surface area contributed by atoms with Gasteiger partial charge >= 0.3 is 0 Å². The summed E-state index contributed by atoms with van der Waals surface area (Å²) in [6.45, 7) is 9.63. The maximum atomic E-state index is 11.0. The SMILES string of the molecule is C=C(C)C(C)(/C=C/C(C)=O)c1ccccc1. The van der Waals surface area contributed by atoms with E-state index in [1.807, 2.05) is 31.2 Å². The Kier molecular flexibility index (Phi) is 3.83. The monoisotopic (exact) mass is 214 g/mol. The zero-order valence-corrected chi connectivity index (χ0v) is 10.2. The fourth-order valence-corrected chi connectivity index (χ4v) is 1.55. The van der Waals surface area contributed by atoms with Crippen molar-refractivity contribution >= 4 is 5.78 Å². The highest BCUT2D eigenvalue weighted by atomic mass is 16.1. The van der Waals surface area contributed by atoms with Crippen molar-refractivity contribution in [3.63, 3.8) is 0 Å². The van der Waals surface area contributed by atoms with E-state index in [4.69, 9.17) is 0 Å². The molecule has 0 saturated heterocycles. The Morgan fingerprint density at radius 1 is 1.25 bits per heavy atom. The van der Waals surface area contributed by atoms with Crippen LogP contribution in [0.4, 0.5) is 0 Å². The van der Waals surface area contributed by atoms with Gasteiger partial charge in [-0.1, -0.05) is 48.6 Å². The van der Waals surface area contributed by atoms with Crippen molar-refractivity contribution in [2.75, 3.05) is 0 Å². The molecule has 0 heterocycles. The van der Waals surface area contributed by atoms with Crippen molar-refractivity contribution < 1.29 is 4.79 Å². The molecule has 0 bridgehead atoms. The highest BCUT2D eigenvalue weighted by Gasteiger charge is 2.23. The van der Waals surface area contributed by atoms with Crippen LogP contribution in [0.15, 0.2) is 54.6 Å². The van der Waals surface area contributed by atoms with Crippen molar-refractivity contribution in [2.45, 2.75) is 26.2 Å². The normalized spacial score (nSPS) is 14.7. The minimum Gasteiger partial charge on any atom is -0.295 e. The molecule has 0 radical (unpaired) electrons. The highest BCUT2D eigenvalue weighted by Crippen LogP contribution is 2.32. The molecule has 0 aliphatic heterocycles. The first-order chi connectivity index (χ1) is 7.47. The van der Waals surface area contributed by atoms with Crippen LogP contribution in [-0.4, -0.2) is 5.78 Å². The maximum Gasteiger partial charge on any atom is 0.152 e. The van der Waals surface area contributed by atoms with E-state index in [1.54, 1.807) is 13.0 Å². The van der Waals surface area contributed by atoms with Gasteiger partial charge in [-0.15, -0.1) is 0 Å². The zero-order valence-electron chi connectivity index (χ0n) is 10.2. The molecule has 0 spiro atoms. The van der Waals surface area contributed by atoms with Gasteiger partial charge in [-0.25, -0.2) is 0 Å². The van der Waals surface area contributed by atoms with Gasteiger partial charge in [0.1, 0.15) is 0 Å². The van der Waals surface area contributed by atoms with Gasteiger partial charge in [0.05, 0.1) is 0 Å². The third-order valence-corrected chi connectivity index (χ3v) is 2.91. The Morgan fingerprint density at radius 2 is 1.81 bits per heavy atom. The second-order valence-corrected chi connectivity index (χ2v) is 4.29. The summed E-state index contributed by atoms with van der Waals surface area (Å²) in [5, 5.41) is 0. The van der Waals surface area contributed by atoms with Gasteiger partial charge in [0.15, 0.2) is 5.78 Å². The summed E-state index contributed by atoms with van der Waals surface area (Å²) in [7, 11) is 0. The summed E-state index contributed by atoms with van der Waals surface area (Å²) in [4.78, 5) is 11.0. The van der Waals surface area contributed by atoms with Crippen molar-refractivity contribution in [3.05, 3.63) is 60.2 Å². The fourth-order valence-electron chi connectivity index (χ4n) is 1.55. The number of allylic oxidation sites excluding steroid dienone is 3. The van der Waals surface area contributed by atoms with Gasteiger partial charge < -0.3 is 0 Å². The first kappa shape index (κ1) is 12.4. The molecule has 1 rings (SSSR count). The predicted molar refractivity (Wildman–Crippen MR) is 68.4 cm³/mol. The van der Waals surface area contributed by atoms with Crippen LogP contribution in [0.1, 0.15) is 26.3 Å². The summed E-state index contributed by atoms with van der Waals surface area (Å²) in [5.74, 6) is 0.0587. The lowest BCUT2D eigenvalue weighted by atomic mass is 9.77. The Bertz CT molecular complexity index is 414. The lowest BCUT2D eigenvalue weighted by molar-refractivity contribution is -0.112. The second-order valence-electron chi connectivity index (χ2n) is 4.29. The van der Waals surface area contributed by atoms with E-state index >= 15 is 0 Å². The Morgan fingerprint density at radius 3 is 2.25 bits per heavy atom. The van der Waals surface area contributed by atoms with Gasteiger partial charge in [-0.3, -0.25) is 4.79 Å². The molecule has 0 aromatic heterocycles. The molecule has 16 heavy (non-hydrogen) atoms. The summed E-state index contributed by atoms with van der Waals surface area (Å²) in [6, 6.07) is 10.1. The van der Waals surface area contributed by atoms with Crippen molar-refractivity contribution in [2.24, 2.45) is 0 Å². The number of carbonyl (C=O) groups is 1. The molecule has 1 unspecified atom stereocenters. The summed E-state index contributed by atoms with van der Waals surface area (Å²) < 4.78 is 0. The van der Waals surface area contributed by atoms with Crippen LogP contribution in [0.3, 0.4) is 0 Å². The highest BCUT2D eigenvalue weighted by molar-refractivity contribution is 5.87. The van der Waals surface area contributed by atoms with Gasteiger partial charge in [0.25, 0.3) is 0 Å². The van der Waals surface area contributed by atoms with E-state index in [2.05, 4.69) is 25.6 Å². The Labute approximate surface area is 97.5 Å². The Balaban J connectivity index is 3.17. The summed E-state index contributed by atoms with van der Waals surface area (Å²) >= 11 is 0. The largest absolute Gasteiger partial charge is 0.295 e. The van der Waals surface area contributed by atoms with E-state index in [9.17, 15) is 4.79 Å². The number of benzene rings is 1. The minimum atomic E-state index is -0.271. The van der Waals surface area contributed by atoms with Crippen molar-refractivity contribution in [1.82, 2.24) is 0 Å². The molecule has 1 aromatic carbocycles. The third kappa shape index (κ3) is 2.69. The smallest absolute Gasteiger partial charge is 0.152 e. The van der Waals surface area contributed by atoms with Crippen molar-refractivity contribution in [3.8, 4) is 0 Å². The molecule has 0 amide bonds. The molecule has 1 nitrogen and oxygen atoms in total. The van der Waals surface area contributed by atoms with E-state index in [1.165, 1.54) is 0 Å². The lowest BCUT2D eigenvalue weighted by Gasteiger charge is -2.27. The summed E-state index contributed by atoms with van der Waals surface area (Å²) in [5.41, 5.74) is 1.91. The van der Waals surface area contributed by atoms with Crippen LogP contribution in [-0.2, 0) is 10.2 Å². The summed E-state index contributed by atoms with van der Waals surface area (Å²) in [6.07, 6.45) is 3.54. The molecule has 1 heteroatoms. The number of rotatable bonds is 4. The minimum absolute atomic E-state index is 0.0587. The fraction of sp³-hybridized carbons (Fsp3) is 0.267. The van der Waals surface area contributed by atoms with Crippen LogP contribution in [0.25, 0.3) is 0 Å². The van der Waals surface area contributed by atoms with E-state index in [0.29, 0.717) is 0 Å². The third-order valence-electron chi connectivity index (χ3n) is 2.91. The topological polar surface area (TPSA) is 17.1 Å². The molecule has 0 fully saturated rings. The van der Waals surface area contributed by atoms with Gasteiger partial charge in [0, 0.05) is 5.41 Å². The number of ketones is 1. The quantitative estimate of drug-likeness (QED) is 0.552. The number of hydrogen-bond acceptors (Lipinski definition) is 1. The molecule has 0 aliphatic rings. The van der Waals surface area contributed by atoms with E-state index < -0.39 is 0 Å². The maximum absolute atomic E-state index is 11.0. The van der Waals surface area contributed by atoms with E-state index in [0.717, 1.165) is 11.1 Å².